The van der Waals surface area contributed by atoms with Crippen LogP contribution in [0.5, 0.6) is 0 Å². The maximum absolute atomic E-state index is 13.5. The molecule has 0 aliphatic rings. The molecule has 0 bridgehead atoms. The third kappa shape index (κ3) is 3.61. The second-order valence-corrected chi connectivity index (χ2v) is 4.87. The number of amides is 1. The molecule has 2 aromatic rings. The summed E-state index contributed by atoms with van der Waals surface area (Å²) < 4.78 is 27.3. The maximum Gasteiger partial charge on any atom is 0.228 e. The quantitative estimate of drug-likeness (QED) is 0.910. The van der Waals surface area contributed by atoms with E-state index in [1.807, 2.05) is 6.07 Å². The van der Waals surface area contributed by atoms with Crippen LogP contribution in [-0.2, 0) is 11.2 Å². The Balaban J connectivity index is 2.12. The van der Waals surface area contributed by atoms with Gasteiger partial charge in [-0.15, -0.1) is 0 Å². The largest absolute Gasteiger partial charge is 0.321 e. The first kappa shape index (κ1) is 13.7. The van der Waals surface area contributed by atoms with Crippen LogP contribution in [0.1, 0.15) is 5.56 Å². The van der Waals surface area contributed by atoms with Crippen LogP contribution in [0.2, 0.25) is 0 Å². The van der Waals surface area contributed by atoms with Gasteiger partial charge in [-0.2, -0.15) is 0 Å². The zero-order chi connectivity index (χ0) is 13.8. The van der Waals surface area contributed by atoms with Gasteiger partial charge in [0.1, 0.15) is 5.69 Å². The summed E-state index contributed by atoms with van der Waals surface area (Å²) in [7, 11) is 0. The molecule has 2 nitrogen and oxygen atoms in total. The van der Waals surface area contributed by atoms with E-state index in [-0.39, 0.29) is 10.9 Å². The lowest BCUT2D eigenvalue weighted by atomic mass is 10.1. The van der Waals surface area contributed by atoms with Crippen LogP contribution in [0.4, 0.5) is 14.5 Å². The first-order valence-electron chi connectivity index (χ1n) is 5.54. The van der Waals surface area contributed by atoms with Gasteiger partial charge in [0.15, 0.2) is 11.6 Å². The molecule has 0 fully saturated rings. The van der Waals surface area contributed by atoms with E-state index >= 15 is 0 Å². The molecule has 2 rings (SSSR count). The second kappa shape index (κ2) is 5.93. The van der Waals surface area contributed by atoms with Gasteiger partial charge >= 0.3 is 0 Å². The summed E-state index contributed by atoms with van der Waals surface area (Å²) in [5, 5.41) is 2.24. The van der Waals surface area contributed by atoms with Crippen LogP contribution in [0, 0.1) is 11.6 Å². The Morgan fingerprint density at radius 2 is 1.68 bits per heavy atom. The van der Waals surface area contributed by atoms with Gasteiger partial charge in [0.05, 0.1) is 6.42 Å². The number of rotatable bonds is 3. The summed E-state index contributed by atoms with van der Waals surface area (Å²) in [6.07, 6.45) is 0.0653. The van der Waals surface area contributed by atoms with Crippen LogP contribution < -0.4 is 5.32 Å². The van der Waals surface area contributed by atoms with Crippen LogP contribution in [0.15, 0.2) is 46.9 Å². The molecule has 0 atom stereocenters. The van der Waals surface area contributed by atoms with E-state index < -0.39 is 23.2 Å². The predicted octanol–water partition coefficient (Wildman–Crippen LogP) is 3.91. The molecule has 5 heteroatoms. The molecule has 0 radical (unpaired) electrons. The van der Waals surface area contributed by atoms with Gasteiger partial charge in [-0.1, -0.05) is 46.3 Å². The van der Waals surface area contributed by atoms with Crippen molar-refractivity contribution in [3.63, 3.8) is 0 Å². The van der Waals surface area contributed by atoms with Crippen molar-refractivity contribution in [1.82, 2.24) is 0 Å². The molecule has 0 spiro atoms. The fourth-order valence-corrected chi connectivity index (χ4v) is 2.03. The van der Waals surface area contributed by atoms with Crippen molar-refractivity contribution < 1.29 is 13.6 Å². The Hall–Kier alpha value is -1.75. The highest BCUT2D eigenvalue weighted by atomic mass is 79.9. The molecule has 0 saturated heterocycles. The third-order valence-corrected chi connectivity index (χ3v) is 2.94. The number of hydrogen-bond acceptors (Lipinski definition) is 1. The van der Waals surface area contributed by atoms with Crippen molar-refractivity contribution in [1.29, 1.82) is 0 Å². The molecular formula is C14H10BrF2NO. The van der Waals surface area contributed by atoms with Gasteiger partial charge < -0.3 is 5.32 Å². The average molecular weight is 326 g/mol. The smallest absolute Gasteiger partial charge is 0.228 e. The van der Waals surface area contributed by atoms with Crippen molar-refractivity contribution in [2.45, 2.75) is 6.42 Å². The van der Waals surface area contributed by atoms with Crippen molar-refractivity contribution >= 4 is 27.5 Å². The van der Waals surface area contributed by atoms with E-state index in [0.717, 1.165) is 17.7 Å². The molecule has 98 valence electrons. The van der Waals surface area contributed by atoms with Crippen molar-refractivity contribution in [3.8, 4) is 0 Å². The standard InChI is InChI=1S/C14H10BrF2NO/c15-10-7-11(16)14(12(17)8-10)18-13(19)6-9-4-2-1-3-5-9/h1-5,7-8H,6H2,(H,18,19). The topological polar surface area (TPSA) is 29.1 Å². The molecule has 0 heterocycles. The monoisotopic (exact) mass is 325 g/mol. The number of anilines is 1. The number of carbonyl (C=O) groups excluding carboxylic acids is 1. The van der Waals surface area contributed by atoms with Crippen LogP contribution in [-0.4, -0.2) is 5.91 Å². The van der Waals surface area contributed by atoms with Crippen molar-refractivity contribution in [3.05, 3.63) is 64.1 Å². The Morgan fingerprint density at radius 1 is 1.11 bits per heavy atom. The second-order valence-electron chi connectivity index (χ2n) is 3.95. The third-order valence-electron chi connectivity index (χ3n) is 2.48. The molecule has 0 aromatic heterocycles. The highest BCUT2D eigenvalue weighted by molar-refractivity contribution is 9.10. The molecule has 0 unspecified atom stereocenters. The van der Waals surface area contributed by atoms with E-state index in [4.69, 9.17) is 0 Å². The summed E-state index contributed by atoms with van der Waals surface area (Å²) in [5.41, 5.74) is 0.349. The predicted molar refractivity (Wildman–Crippen MR) is 72.8 cm³/mol. The van der Waals surface area contributed by atoms with Gasteiger partial charge in [0.2, 0.25) is 5.91 Å². The lowest BCUT2D eigenvalue weighted by Crippen LogP contribution is -2.16. The Morgan fingerprint density at radius 3 is 2.26 bits per heavy atom. The lowest BCUT2D eigenvalue weighted by molar-refractivity contribution is -0.115. The molecule has 19 heavy (non-hydrogen) atoms. The number of nitrogens with one attached hydrogen (secondary N) is 1. The molecule has 0 aliphatic heterocycles. The van der Waals surface area contributed by atoms with Crippen molar-refractivity contribution in [2.75, 3.05) is 5.32 Å². The van der Waals surface area contributed by atoms with E-state index in [2.05, 4.69) is 21.2 Å². The Bertz CT molecular complexity index is 579. The zero-order valence-corrected chi connectivity index (χ0v) is 11.4. The van der Waals surface area contributed by atoms with E-state index in [0.29, 0.717) is 0 Å². The van der Waals surface area contributed by atoms with Crippen LogP contribution >= 0.6 is 15.9 Å². The summed E-state index contributed by atoms with van der Waals surface area (Å²) in [6, 6.07) is 11.2. The molecule has 0 saturated carbocycles. The molecule has 1 amide bonds. The minimum atomic E-state index is -0.812. The van der Waals surface area contributed by atoms with Gasteiger partial charge in [-0.3, -0.25) is 4.79 Å². The summed E-state index contributed by atoms with van der Waals surface area (Å²) in [4.78, 5) is 11.7. The highest BCUT2D eigenvalue weighted by Gasteiger charge is 2.13. The molecular weight excluding hydrogens is 316 g/mol. The summed E-state index contributed by atoms with van der Waals surface area (Å²) in [5.74, 6) is -2.09. The highest BCUT2D eigenvalue weighted by Crippen LogP contribution is 2.23. The van der Waals surface area contributed by atoms with Crippen LogP contribution in [0.25, 0.3) is 0 Å². The number of hydrogen-bond donors (Lipinski definition) is 1. The zero-order valence-electron chi connectivity index (χ0n) is 9.79. The van der Waals surface area contributed by atoms with Crippen molar-refractivity contribution in [2.24, 2.45) is 0 Å². The SMILES string of the molecule is O=C(Cc1ccccc1)Nc1c(F)cc(Br)cc1F. The molecule has 2 aromatic carbocycles. The molecule has 0 aliphatic carbocycles. The van der Waals surface area contributed by atoms with E-state index in [1.54, 1.807) is 24.3 Å². The summed E-state index contributed by atoms with van der Waals surface area (Å²) in [6.45, 7) is 0. The van der Waals surface area contributed by atoms with Gasteiger partial charge in [0.25, 0.3) is 0 Å². The number of carbonyl (C=O) groups is 1. The van der Waals surface area contributed by atoms with E-state index in [9.17, 15) is 13.6 Å². The Labute approximate surface area is 117 Å². The van der Waals surface area contributed by atoms with Gasteiger partial charge in [-0.25, -0.2) is 8.78 Å². The summed E-state index contributed by atoms with van der Waals surface area (Å²) >= 11 is 2.97. The molecule has 1 N–H and O–H groups in total. The van der Waals surface area contributed by atoms with Gasteiger partial charge in [0, 0.05) is 4.47 Å². The fourth-order valence-electron chi connectivity index (χ4n) is 1.63. The number of benzene rings is 2. The first-order chi connectivity index (χ1) is 9.06. The average Bonchev–Trinajstić information content (AvgIpc) is 2.35. The lowest BCUT2D eigenvalue weighted by Gasteiger charge is -2.08. The Kier molecular flexibility index (Phi) is 4.27. The minimum absolute atomic E-state index is 0.0653. The normalized spacial score (nSPS) is 10.3. The number of halogens is 3. The minimum Gasteiger partial charge on any atom is -0.321 e. The van der Waals surface area contributed by atoms with Crippen LogP contribution in [0.3, 0.4) is 0 Å². The maximum atomic E-state index is 13.5. The first-order valence-corrected chi connectivity index (χ1v) is 6.34. The van der Waals surface area contributed by atoms with Gasteiger partial charge in [-0.05, 0) is 17.7 Å². The van der Waals surface area contributed by atoms with E-state index in [1.165, 1.54) is 0 Å². The fraction of sp³-hybridized carbons (Fsp3) is 0.0714.